The molecule has 0 radical (unpaired) electrons. The predicted molar refractivity (Wildman–Crippen MR) is 73.6 cm³/mol. The van der Waals surface area contributed by atoms with Crippen molar-refractivity contribution in [1.82, 2.24) is 14.9 Å². The van der Waals surface area contributed by atoms with Crippen molar-refractivity contribution < 1.29 is 14.7 Å². The molecule has 0 saturated heterocycles. The van der Waals surface area contributed by atoms with Gasteiger partial charge in [0.1, 0.15) is 5.69 Å². The van der Waals surface area contributed by atoms with Gasteiger partial charge in [-0.3, -0.25) is 9.78 Å². The van der Waals surface area contributed by atoms with Gasteiger partial charge >= 0.3 is 5.97 Å². The number of fused-ring (bicyclic) bond motifs is 1. The molecule has 0 saturated carbocycles. The number of rotatable bonds is 2. The standard InChI is InChI=1S/C15H13N3O3/c19-14(12-9-16-6-7-17-12)18-8-5-10-3-1-2-4-11(10)13(18)15(20)21/h1-4,6-7,9,13H,5,8H2,(H,20,21)/t13-/m0/s1. The molecule has 1 aliphatic heterocycles. The number of carboxylic acid groups (broad SMARTS) is 1. The minimum atomic E-state index is -1.04. The molecule has 1 N–H and O–H groups in total. The maximum Gasteiger partial charge on any atom is 0.331 e. The van der Waals surface area contributed by atoms with Gasteiger partial charge in [0.25, 0.3) is 5.91 Å². The zero-order valence-electron chi connectivity index (χ0n) is 11.1. The van der Waals surface area contributed by atoms with Crippen molar-refractivity contribution in [2.45, 2.75) is 12.5 Å². The summed E-state index contributed by atoms with van der Waals surface area (Å²) in [6, 6.07) is 6.33. The quantitative estimate of drug-likeness (QED) is 0.898. The predicted octanol–water partition coefficient (Wildman–Crippen LogP) is 1.30. The van der Waals surface area contributed by atoms with Crippen LogP contribution in [0.1, 0.15) is 27.7 Å². The molecule has 1 aromatic carbocycles. The van der Waals surface area contributed by atoms with Crippen LogP contribution in [0.2, 0.25) is 0 Å². The molecule has 1 atom stereocenters. The van der Waals surface area contributed by atoms with Crippen LogP contribution in [0.25, 0.3) is 0 Å². The first-order chi connectivity index (χ1) is 10.2. The number of aliphatic carboxylic acids is 1. The summed E-state index contributed by atoms with van der Waals surface area (Å²) in [4.78, 5) is 33.3. The Morgan fingerprint density at radius 3 is 2.76 bits per heavy atom. The van der Waals surface area contributed by atoms with Gasteiger partial charge in [0.05, 0.1) is 6.20 Å². The van der Waals surface area contributed by atoms with Crippen molar-refractivity contribution in [2.75, 3.05) is 6.54 Å². The third kappa shape index (κ3) is 2.35. The highest BCUT2D eigenvalue weighted by molar-refractivity contribution is 5.95. The highest BCUT2D eigenvalue weighted by Crippen LogP contribution is 2.30. The maximum atomic E-state index is 12.5. The van der Waals surface area contributed by atoms with E-state index in [1.54, 1.807) is 12.1 Å². The normalized spacial score (nSPS) is 17.1. The summed E-state index contributed by atoms with van der Waals surface area (Å²) in [5.41, 5.74) is 1.78. The third-order valence-electron chi connectivity index (χ3n) is 3.56. The van der Waals surface area contributed by atoms with E-state index in [-0.39, 0.29) is 5.69 Å². The molecule has 1 aliphatic rings. The van der Waals surface area contributed by atoms with Crippen LogP contribution in [0.15, 0.2) is 42.9 Å². The van der Waals surface area contributed by atoms with Gasteiger partial charge in [0, 0.05) is 18.9 Å². The summed E-state index contributed by atoms with van der Waals surface area (Å²) in [5, 5.41) is 9.52. The minimum Gasteiger partial charge on any atom is -0.479 e. The highest BCUT2D eigenvalue weighted by Gasteiger charge is 2.36. The van der Waals surface area contributed by atoms with Gasteiger partial charge in [-0.05, 0) is 17.5 Å². The highest BCUT2D eigenvalue weighted by atomic mass is 16.4. The second-order valence-corrected chi connectivity index (χ2v) is 4.78. The number of hydrogen-bond acceptors (Lipinski definition) is 4. The fourth-order valence-corrected chi connectivity index (χ4v) is 2.61. The Morgan fingerprint density at radius 2 is 2.05 bits per heavy atom. The van der Waals surface area contributed by atoms with E-state index >= 15 is 0 Å². The molecule has 1 aromatic heterocycles. The van der Waals surface area contributed by atoms with Crippen molar-refractivity contribution in [3.05, 3.63) is 59.7 Å². The molecule has 2 heterocycles. The van der Waals surface area contributed by atoms with Crippen LogP contribution in [-0.4, -0.2) is 38.4 Å². The van der Waals surface area contributed by atoms with E-state index in [0.717, 1.165) is 5.56 Å². The van der Waals surface area contributed by atoms with Gasteiger partial charge in [-0.1, -0.05) is 24.3 Å². The Kier molecular flexibility index (Phi) is 3.35. The summed E-state index contributed by atoms with van der Waals surface area (Å²) in [6.07, 6.45) is 4.87. The number of hydrogen-bond donors (Lipinski definition) is 1. The van der Waals surface area contributed by atoms with Gasteiger partial charge in [0.2, 0.25) is 0 Å². The first kappa shape index (κ1) is 13.2. The van der Waals surface area contributed by atoms with Crippen LogP contribution in [0.5, 0.6) is 0 Å². The largest absolute Gasteiger partial charge is 0.479 e. The van der Waals surface area contributed by atoms with E-state index in [9.17, 15) is 14.7 Å². The second-order valence-electron chi connectivity index (χ2n) is 4.78. The lowest BCUT2D eigenvalue weighted by molar-refractivity contribution is -0.143. The molecule has 0 aliphatic carbocycles. The Bertz CT molecular complexity index is 688. The van der Waals surface area contributed by atoms with Crippen molar-refractivity contribution in [3.63, 3.8) is 0 Å². The lowest BCUT2D eigenvalue weighted by Crippen LogP contribution is -2.43. The van der Waals surface area contributed by atoms with E-state index < -0.39 is 17.9 Å². The topological polar surface area (TPSA) is 83.4 Å². The smallest absolute Gasteiger partial charge is 0.331 e. The maximum absolute atomic E-state index is 12.5. The number of carbonyl (C=O) groups is 2. The lowest BCUT2D eigenvalue weighted by Gasteiger charge is -2.34. The molecule has 3 rings (SSSR count). The molecule has 21 heavy (non-hydrogen) atoms. The van der Waals surface area contributed by atoms with Crippen LogP contribution in [-0.2, 0) is 11.2 Å². The molecule has 1 amide bonds. The summed E-state index contributed by atoms with van der Waals surface area (Å²) < 4.78 is 0. The summed E-state index contributed by atoms with van der Waals surface area (Å²) in [6.45, 7) is 0.351. The van der Waals surface area contributed by atoms with E-state index in [4.69, 9.17) is 0 Å². The van der Waals surface area contributed by atoms with Crippen LogP contribution in [0.4, 0.5) is 0 Å². The molecular weight excluding hydrogens is 270 g/mol. The van der Waals surface area contributed by atoms with Gasteiger partial charge in [0.15, 0.2) is 6.04 Å². The Labute approximate surface area is 121 Å². The van der Waals surface area contributed by atoms with Crippen molar-refractivity contribution in [2.24, 2.45) is 0 Å². The average molecular weight is 283 g/mol. The first-order valence-electron chi connectivity index (χ1n) is 6.56. The van der Waals surface area contributed by atoms with Crippen molar-refractivity contribution in [3.8, 4) is 0 Å². The average Bonchev–Trinajstić information content (AvgIpc) is 2.53. The molecule has 0 bridgehead atoms. The van der Waals surface area contributed by atoms with Crippen molar-refractivity contribution >= 4 is 11.9 Å². The zero-order valence-corrected chi connectivity index (χ0v) is 11.1. The van der Waals surface area contributed by atoms with Crippen LogP contribution < -0.4 is 0 Å². The lowest BCUT2D eigenvalue weighted by atomic mass is 9.92. The first-order valence-corrected chi connectivity index (χ1v) is 6.56. The Morgan fingerprint density at radius 1 is 1.24 bits per heavy atom. The molecule has 6 heteroatoms. The Hall–Kier alpha value is -2.76. The number of amides is 1. The fourth-order valence-electron chi connectivity index (χ4n) is 2.61. The van der Waals surface area contributed by atoms with E-state index in [0.29, 0.717) is 18.5 Å². The molecule has 2 aromatic rings. The summed E-state index contributed by atoms with van der Waals surface area (Å²) in [7, 11) is 0. The van der Waals surface area contributed by atoms with Gasteiger partial charge in [-0.25, -0.2) is 9.78 Å². The van der Waals surface area contributed by atoms with E-state index in [1.165, 1.54) is 23.5 Å². The molecule has 0 unspecified atom stereocenters. The van der Waals surface area contributed by atoms with Crippen LogP contribution >= 0.6 is 0 Å². The molecule has 0 fully saturated rings. The Balaban J connectivity index is 2.00. The van der Waals surface area contributed by atoms with Crippen LogP contribution in [0, 0.1) is 0 Å². The van der Waals surface area contributed by atoms with Gasteiger partial charge < -0.3 is 10.0 Å². The summed E-state index contributed by atoms with van der Waals surface area (Å²) in [5.74, 6) is -1.45. The molecule has 0 spiro atoms. The number of nitrogens with zero attached hydrogens (tertiary/aromatic N) is 3. The van der Waals surface area contributed by atoms with Gasteiger partial charge in [-0.2, -0.15) is 0 Å². The van der Waals surface area contributed by atoms with E-state index in [2.05, 4.69) is 9.97 Å². The molecular formula is C15H13N3O3. The second kappa shape index (κ2) is 5.32. The van der Waals surface area contributed by atoms with Crippen LogP contribution in [0.3, 0.4) is 0 Å². The summed E-state index contributed by atoms with van der Waals surface area (Å²) >= 11 is 0. The zero-order chi connectivity index (χ0) is 14.8. The number of carbonyl (C=O) groups excluding carboxylic acids is 1. The van der Waals surface area contributed by atoms with Gasteiger partial charge in [-0.15, -0.1) is 0 Å². The molecule has 6 nitrogen and oxygen atoms in total. The molecule has 106 valence electrons. The number of benzene rings is 1. The monoisotopic (exact) mass is 283 g/mol. The van der Waals surface area contributed by atoms with Crippen molar-refractivity contribution in [1.29, 1.82) is 0 Å². The fraction of sp³-hybridized carbons (Fsp3) is 0.200. The van der Waals surface area contributed by atoms with E-state index in [1.807, 2.05) is 12.1 Å². The number of carboxylic acids is 1. The SMILES string of the molecule is O=C(O)[C@@H]1c2ccccc2CCN1C(=O)c1cnccn1. The third-order valence-corrected chi connectivity index (χ3v) is 3.56. The number of aromatic nitrogens is 2. The minimum absolute atomic E-state index is 0.156.